The molecule has 0 heterocycles. The first-order chi connectivity index (χ1) is 11.9. The van der Waals surface area contributed by atoms with Crippen LogP contribution in [0.15, 0.2) is 42.5 Å². The van der Waals surface area contributed by atoms with Crippen molar-refractivity contribution in [3.8, 4) is 11.5 Å². The second-order valence-corrected chi connectivity index (χ2v) is 6.55. The minimum Gasteiger partial charge on any atom is -0.454 e. The number of carbonyl (C=O) groups is 1. The van der Waals surface area contributed by atoms with Crippen molar-refractivity contribution in [1.29, 1.82) is 0 Å². The highest BCUT2D eigenvalue weighted by molar-refractivity contribution is 5.94. The summed E-state index contributed by atoms with van der Waals surface area (Å²) in [5.74, 6) is -0.973. The van der Waals surface area contributed by atoms with E-state index >= 15 is 0 Å². The summed E-state index contributed by atoms with van der Waals surface area (Å²) in [4.78, 5) is 12.4. The predicted molar refractivity (Wildman–Crippen MR) is 90.5 cm³/mol. The minimum atomic E-state index is -0.787. The predicted octanol–water partition coefficient (Wildman–Crippen LogP) is 3.61. The van der Waals surface area contributed by atoms with Crippen molar-refractivity contribution in [2.75, 3.05) is 6.54 Å². The number of hydrogen-bond donors (Lipinski definition) is 2. The Bertz CT molecular complexity index is 775. The maximum absolute atomic E-state index is 13.6. The van der Waals surface area contributed by atoms with E-state index in [0.717, 1.165) is 25.0 Å². The van der Waals surface area contributed by atoms with Crippen LogP contribution in [0.3, 0.4) is 0 Å². The standard InChI is InChI=1S/C19H20F2N2O2/c1-19(11-22,13-4-5-13)23-18(24)12-2-7-15(8-3-12)25-17-9-6-14(20)10-16(17)21/h2-3,6-10,13H,4-5,11,22H2,1H3,(H,23,24). The largest absolute Gasteiger partial charge is 0.454 e. The molecule has 2 aromatic carbocycles. The van der Waals surface area contributed by atoms with Gasteiger partial charge in [0.1, 0.15) is 11.6 Å². The fourth-order valence-corrected chi connectivity index (χ4v) is 2.73. The van der Waals surface area contributed by atoms with Crippen LogP contribution >= 0.6 is 0 Å². The van der Waals surface area contributed by atoms with E-state index < -0.39 is 17.2 Å². The van der Waals surface area contributed by atoms with Crippen molar-refractivity contribution in [2.24, 2.45) is 11.7 Å². The molecule has 1 saturated carbocycles. The SMILES string of the molecule is CC(CN)(NC(=O)c1ccc(Oc2ccc(F)cc2F)cc1)C1CC1. The summed E-state index contributed by atoms with van der Waals surface area (Å²) in [7, 11) is 0. The molecular formula is C19H20F2N2O2. The van der Waals surface area contributed by atoms with Gasteiger partial charge in [0.05, 0.1) is 5.54 Å². The van der Waals surface area contributed by atoms with Crippen molar-refractivity contribution >= 4 is 5.91 Å². The molecule has 6 heteroatoms. The number of nitrogens with two attached hydrogens (primary N) is 1. The van der Waals surface area contributed by atoms with Gasteiger partial charge in [-0.05, 0) is 62.1 Å². The van der Waals surface area contributed by atoms with Crippen LogP contribution in [0.25, 0.3) is 0 Å². The third kappa shape index (κ3) is 3.96. The first kappa shape index (κ1) is 17.4. The quantitative estimate of drug-likeness (QED) is 0.840. The Balaban J connectivity index is 1.68. The molecule has 2 aromatic rings. The van der Waals surface area contributed by atoms with Gasteiger partial charge < -0.3 is 15.8 Å². The molecule has 1 fully saturated rings. The Morgan fingerprint density at radius 3 is 2.48 bits per heavy atom. The smallest absolute Gasteiger partial charge is 0.251 e. The van der Waals surface area contributed by atoms with Crippen LogP contribution in [0.1, 0.15) is 30.1 Å². The van der Waals surface area contributed by atoms with E-state index in [0.29, 0.717) is 23.8 Å². The number of hydrogen-bond acceptors (Lipinski definition) is 3. The van der Waals surface area contributed by atoms with Crippen LogP contribution in [-0.2, 0) is 0 Å². The van der Waals surface area contributed by atoms with E-state index in [1.807, 2.05) is 6.92 Å². The molecule has 1 aliphatic carbocycles. The number of benzene rings is 2. The molecule has 0 bridgehead atoms. The zero-order chi connectivity index (χ0) is 18.0. The van der Waals surface area contributed by atoms with E-state index in [9.17, 15) is 13.6 Å². The molecule has 1 aliphatic rings. The second kappa shape index (κ2) is 6.80. The normalized spacial score (nSPS) is 16.2. The molecule has 4 nitrogen and oxygen atoms in total. The van der Waals surface area contributed by atoms with Crippen molar-refractivity contribution in [3.05, 3.63) is 59.7 Å². The Kier molecular flexibility index (Phi) is 4.72. The highest BCUT2D eigenvalue weighted by Gasteiger charge is 2.41. The minimum absolute atomic E-state index is 0.0805. The summed E-state index contributed by atoms with van der Waals surface area (Å²) in [5.41, 5.74) is 5.88. The number of amides is 1. The van der Waals surface area contributed by atoms with Crippen molar-refractivity contribution < 1.29 is 18.3 Å². The van der Waals surface area contributed by atoms with E-state index in [-0.39, 0.29) is 11.7 Å². The van der Waals surface area contributed by atoms with Crippen molar-refractivity contribution in [3.63, 3.8) is 0 Å². The highest BCUT2D eigenvalue weighted by atomic mass is 19.1. The van der Waals surface area contributed by atoms with E-state index in [2.05, 4.69) is 5.32 Å². The number of ether oxygens (including phenoxy) is 1. The first-order valence-corrected chi connectivity index (χ1v) is 8.17. The van der Waals surface area contributed by atoms with E-state index in [1.165, 1.54) is 6.07 Å². The zero-order valence-electron chi connectivity index (χ0n) is 13.9. The molecular weight excluding hydrogens is 326 g/mol. The molecule has 3 N–H and O–H groups in total. The molecule has 0 saturated heterocycles. The molecule has 132 valence electrons. The van der Waals surface area contributed by atoms with Crippen LogP contribution in [0.4, 0.5) is 8.78 Å². The van der Waals surface area contributed by atoms with Crippen molar-refractivity contribution in [2.45, 2.75) is 25.3 Å². The average molecular weight is 346 g/mol. The molecule has 1 atom stereocenters. The monoisotopic (exact) mass is 346 g/mol. The van der Waals surface area contributed by atoms with Gasteiger partial charge in [-0.1, -0.05) is 0 Å². The molecule has 3 rings (SSSR count). The summed E-state index contributed by atoms with van der Waals surface area (Å²) in [6.07, 6.45) is 2.15. The Morgan fingerprint density at radius 1 is 1.24 bits per heavy atom. The average Bonchev–Trinajstić information content (AvgIpc) is 3.43. The van der Waals surface area contributed by atoms with Gasteiger partial charge in [-0.2, -0.15) is 0 Å². The van der Waals surface area contributed by atoms with Gasteiger partial charge in [0.25, 0.3) is 5.91 Å². The number of rotatable bonds is 6. The van der Waals surface area contributed by atoms with Crippen molar-refractivity contribution in [1.82, 2.24) is 5.32 Å². The summed E-state index contributed by atoms with van der Waals surface area (Å²) in [6.45, 7) is 2.34. The van der Waals surface area contributed by atoms with Crippen LogP contribution in [0, 0.1) is 17.6 Å². The summed E-state index contributed by atoms with van der Waals surface area (Å²) in [5, 5.41) is 3.00. The lowest BCUT2D eigenvalue weighted by Gasteiger charge is -2.29. The van der Waals surface area contributed by atoms with E-state index in [4.69, 9.17) is 10.5 Å². The molecule has 0 aromatic heterocycles. The van der Waals surface area contributed by atoms with Gasteiger partial charge in [-0.25, -0.2) is 8.78 Å². The lowest BCUT2D eigenvalue weighted by molar-refractivity contribution is 0.0898. The van der Waals surface area contributed by atoms with E-state index in [1.54, 1.807) is 24.3 Å². The third-order valence-corrected chi connectivity index (χ3v) is 4.54. The van der Waals surface area contributed by atoms with Crippen LogP contribution in [-0.4, -0.2) is 18.0 Å². The van der Waals surface area contributed by atoms with Gasteiger partial charge >= 0.3 is 0 Å². The Hall–Kier alpha value is -2.47. The highest BCUT2D eigenvalue weighted by Crippen LogP contribution is 2.39. The Morgan fingerprint density at radius 2 is 1.92 bits per heavy atom. The summed E-state index contributed by atoms with van der Waals surface area (Å²) in [6, 6.07) is 9.40. The molecule has 1 unspecified atom stereocenters. The van der Waals surface area contributed by atoms with Gasteiger partial charge in [0.15, 0.2) is 11.6 Å². The number of carbonyl (C=O) groups excluding carboxylic acids is 1. The topological polar surface area (TPSA) is 64.3 Å². The molecule has 25 heavy (non-hydrogen) atoms. The number of nitrogens with one attached hydrogen (secondary N) is 1. The second-order valence-electron chi connectivity index (χ2n) is 6.55. The number of halogens is 2. The molecule has 1 amide bonds. The lowest BCUT2D eigenvalue weighted by atomic mass is 9.95. The van der Waals surface area contributed by atoms with Gasteiger partial charge in [-0.15, -0.1) is 0 Å². The molecule has 0 aliphatic heterocycles. The Labute approximate surface area is 145 Å². The molecule has 0 radical (unpaired) electrons. The zero-order valence-corrected chi connectivity index (χ0v) is 13.9. The summed E-state index contributed by atoms with van der Waals surface area (Å²) < 4.78 is 31.9. The fourth-order valence-electron chi connectivity index (χ4n) is 2.73. The first-order valence-electron chi connectivity index (χ1n) is 8.17. The fraction of sp³-hybridized carbons (Fsp3) is 0.316. The molecule has 0 spiro atoms. The maximum Gasteiger partial charge on any atom is 0.251 e. The van der Waals surface area contributed by atoms with Crippen LogP contribution < -0.4 is 15.8 Å². The lowest BCUT2D eigenvalue weighted by Crippen LogP contribution is -2.53. The van der Waals surface area contributed by atoms with Crippen LogP contribution in [0.2, 0.25) is 0 Å². The van der Waals surface area contributed by atoms with Gasteiger partial charge in [0.2, 0.25) is 0 Å². The van der Waals surface area contributed by atoms with Gasteiger partial charge in [-0.3, -0.25) is 4.79 Å². The third-order valence-electron chi connectivity index (χ3n) is 4.54. The summed E-state index contributed by atoms with van der Waals surface area (Å²) >= 11 is 0. The maximum atomic E-state index is 13.6. The van der Waals surface area contributed by atoms with Gasteiger partial charge in [0, 0.05) is 18.2 Å². The van der Waals surface area contributed by atoms with Crippen LogP contribution in [0.5, 0.6) is 11.5 Å².